The van der Waals surface area contributed by atoms with Gasteiger partial charge in [0.15, 0.2) is 0 Å². The van der Waals surface area contributed by atoms with Crippen LogP contribution in [0.1, 0.15) is 91.5 Å². The highest BCUT2D eigenvalue weighted by atomic mass is 32.2. The lowest BCUT2D eigenvalue weighted by Crippen LogP contribution is -2.42. The van der Waals surface area contributed by atoms with E-state index in [0.717, 1.165) is 66.7 Å². The number of Topliss-reactive ketones (excluding diaryl/α,β-unsaturated/α-hetero) is 1. The molecule has 2 aliphatic rings. The van der Waals surface area contributed by atoms with Gasteiger partial charge in [-0.1, -0.05) is 76.9 Å². The molecule has 0 N–H and O–H groups in total. The lowest BCUT2D eigenvalue weighted by atomic mass is 10.1. The van der Waals surface area contributed by atoms with Crippen LogP contribution in [0.15, 0.2) is 25.7 Å². The van der Waals surface area contributed by atoms with E-state index in [-0.39, 0.29) is 29.6 Å². The number of thioether (sulfide) groups is 2. The first kappa shape index (κ1) is 30.4. The van der Waals surface area contributed by atoms with Gasteiger partial charge in [0.1, 0.15) is 22.9 Å². The number of rotatable bonds is 16. The third kappa shape index (κ3) is 7.08. The number of amides is 2. The zero-order valence-corrected chi connectivity index (χ0v) is 25.2. The standard InChI is InChI=1S/C29H42N2O5S2/c1-6-10-14-30-27(33)23(28(34)31(30)15-11-7-2)29-37-25-22(35-16-12-8-3)19-21(18-20(5)32)24(26(25)38-29)36-17-13-9-4/h19H,6-18H2,1-5H3. The van der Waals surface area contributed by atoms with E-state index in [4.69, 9.17) is 9.47 Å². The summed E-state index contributed by atoms with van der Waals surface area (Å²) in [5.74, 6) is 0.937. The van der Waals surface area contributed by atoms with Crippen LogP contribution in [-0.4, -0.2) is 53.9 Å². The molecule has 3 rings (SSSR count). The third-order valence-corrected chi connectivity index (χ3v) is 9.01. The Balaban J connectivity index is 2.07. The summed E-state index contributed by atoms with van der Waals surface area (Å²) in [6.07, 6.45) is 7.59. The summed E-state index contributed by atoms with van der Waals surface area (Å²) in [4.78, 5) is 41.1. The monoisotopic (exact) mass is 562 g/mol. The van der Waals surface area contributed by atoms with Crippen molar-refractivity contribution < 1.29 is 23.9 Å². The minimum absolute atomic E-state index is 0.0401. The molecule has 0 saturated carbocycles. The fourth-order valence-electron chi connectivity index (χ4n) is 4.26. The van der Waals surface area contributed by atoms with Crippen LogP contribution in [0.4, 0.5) is 0 Å². The Morgan fingerprint density at radius 3 is 1.84 bits per heavy atom. The molecule has 1 aromatic rings. The first-order valence-electron chi connectivity index (χ1n) is 14.1. The van der Waals surface area contributed by atoms with E-state index < -0.39 is 0 Å². The maximum atomic E-state index is 13.6. The Hall–Kier alpha value is -2.13. The number of hydrogen-bond acceptors (Lipinski definition) is 7. The van der Waals surface area contributed by atoms with Crippen LogP contribution in [0.3, 0.4) is 0 Å². The second-order valence-corrected chi connectivity index (χ2v) is 12.0. The fourth-order valence-corrected chi connectivity index (χ4v) is 6.98. The maximum absolute atomic E-state index is 13.6. The van der Waals surface area contributed by atoms with Crippen molar-refractivity contribution in [1.82, 2.24) is 10.0 Å². The summed E-state index contributed by atoms with van der Waals surface area (Å²) >= 11 is 2.82. The van der Waals surface area contributed by atoms with Crippen LogP contribution < -0.4 is 9.47 Å². The quantitative estimate of drug-likeness (QED) is 0.125. The number of unbranched alkanes of at least 4 members (excludes halogenated alkanes) is 4. The number of ketones is 1. The molecule has 2 heterocycles. The van der Waals surface area contributed by atoms with Crippen molar-refractivity contribution in [2.24, 2.45) is 0 Å². The second-order valence-electron chi connectivity index (χ2n) is 9.73. The van der Waals surface area contributed by atoms with Crippen molar-refractivity contribution >= 4 is 41.1 Å². The molecular weight excluding hydrogens is 520 g/mol. The summed E-state index contributed by atoms with van der Waals surface area (Å²) in [6.45, 7) is 12.1. The predicted molar refractivity (Wildman–Crippen MR) is 154 cm³/mol. The molecule has 0 atom stereocenters. The van der Waals surface area contributed by atoms with Gasteiger partial charge in [-0.25, -0.2) is 10.0 Å². The minimum Gasteiger partial charge on any atom is -0.492 e. The molecule has 0 radical (unpaired) electrons. The van der Waals surface area contributed by atoms with Gasteiger partial charge in [-0.05, 0) is 38.7 Å². The maximum Gasteiger partial charge on any atom is 0.279 e. The number of hydrogen-bond donors (Lipinski definition) is 0. The first-order chi connectivity index (χ1) is 18.4. The van der Waals surface area contributed by atoms with Crippen molar-refractivity contribution in [3.8, 4) is 11.5 Å². The van der Waals surface area contributed by atoms with Crippen molar-refractivity contribution in [2.45, 2.75) is 102 Å². The highest BCUT2D eigenvalue weighted by molar-refractivity contribution is 8.25. The van der Waals surface area contributed by atoms with Crippen molar-refractivity contribution in [1.29, 1.82) is 0 Å². The van der Waals surface area contributed by atoms with E-state index in [1.165, 1.54) is 23.5 Å². The van der Waals surface area contributed by atoms with Gasteiger partial charge in [0.2, 0.25) is 0 Å². The Morgan fingerprint density at radius 2 is 1.32 bits per heavy atom. The zero-order chi connectivity index (χ0) is 27.7. The SMILES string of the molecule is CCCCOc1cc(CC(C)=O)c(OCCCC)c2c1SC(=C1C(=O)N(CCCC)N(CCCC)C1=O)S2. The molecule has 7 nitrogen and oxygen atoms in total. The molecular formula is C29H42N2O5S2. The van der Waals surface area contributed by atoms with Crippen LogP contribution >= 0.6 is 23.5 Å². The summed E-state index contributed by atoms with van der Waals surface area (Å²) < 4.78 is 13.1. The molecule has 2 amide bonds. The van der Waals surface area contributed by atoms with Crippen molar-refractivity contribution in [3.05, 3.63) is 21.4 Å². The van der Waals surface area contributed by atoms with Crippen LogP contribution in [0.2, 0.25) is 0 Å². The second kappa shape index (κ2) is 14.9. The first-order valence-corrected chi connectivity index (χ1v) is 15.7. The van der Waals surface area contributed by atoms with E-state index in [9.17, 15) is 14.4 Å². The molecule has 9 heteroatoms. The average Bonchev–Trinajstić information content (AvgIpc) is 3.41. The van der Waals surface area contributed by atoms with Gasteiger partial charge in [-0.2, -0.15) is 0 Å². The minimum atomic E-state index is -0.228. The molecule has 1 fully saturated rings. The van der Waals surface area contributed by atoms with E-state index >= 15 is 0 Å². The molecule has 1 saturated heterocycles. The number of hydrazine groups is 1. The number of carbonyl (C=O) groups excluding carboxylic acids is 3. The third-order valence-electron chi connectivity index (χ3n) is 6.40. The molecule has 0 spiro atoms. The van der Waals surface area contributed by atoms with E-state index in [1.807, 2.05) is 6.07 Å². The van der Waals surface area contributed by atoms with Crippen LogP contribution in [-0.2, 0) is 20.8 Å². The van der Waals surface area contributed by atoms with Gasteiger partial charge in [0.25, 0.3) is 11.8 Å². The van der Waals surface area contributed by atoms with Gasteiger partial charge in [-0.15, -0.1) is 0 Å². The van der Waals surface area contributed by atoms with Gasteiger partial charge in [0.05, 0.1) is 27.2 Å². The van der Waals surface area contributed by atoms with Crippen molar-refractivity contribution in [2.75, 3.05) is 26.3 Å². The highest BCUT2D eigenvalue weighted by Crippen LogP contribution is 2.60. The summed E-state index contributed by atoms with van der Waals surface area (Å²) in [7, 11) is 0. The van der Waals surface area contributed by atoms with Crippen molar-refractivity contribution in [3.63, 3.8) is 0 Å². The number of fused-ring (bicyclic) bond motifs is 1. The van der Waals surface area contributed by atoms with Gasteiger partial charge < -0.3 is 9.47 Å². The van der Waals surface area contributed by atoms with Crippen LogP contribution in [0.5, 0.6) is 11.5 Å². The average molecular weight is 563 g/mol. The number of nitrogens with zero attached hydrogens (tertiary/aromatic N) is 2. The Labute approximate surface area is 236 Å². The molecule has 0 bridgehead atoms. The van der Waals surface area contributed by atoms with Crippen LogP contribution in [0, 0.1) is 0 Å². The van der Waals surface area contributed by atoms with Gasteiger partial charge in [-0.3, -0.25) is 14.4 Å². The molecule has 210 valence electrons. The highest BCUT2D eigenvalue weighted by Gasteiger charge is 2.44. The molecule has 0 unspecified atom stereocenters. The zero-order valence-electron chi connectivity index (χ0n) is 23.5. The Kier molecular flexibility index (Phi) is 11.9. The topological polar surface area (TPSA) is 76.2 Å². The van der Waals surface area contributed by atoms with E-state index in [0.29, 0.717) is 42.0 Å². The summed E-state index contributed by atoms with van der Waals surface area (Å²) in [6, 6.07) is 1.91. The largest absolute Gasteiger partial charge is 0.492 e. The van der Waals surface area contributed by atoms with Crippen LogP contribution in [0.25, 0.3) is 0 Å². The summed E-state index contributed by atoms with van der Waals surface area (Å²) in [5, 5.41) is 3.26. The molecule has 0 aliphatic carbocycles. The molecule has 1 aromatic carbocycles. The Morgan fingerprint density at radius 1 is 0.789 bits per heavy atom. The predicted octanol–water partition coefficient (Wildman–Crippen LogP) is 6.77. The fraction of sp³-hybridized carbons (Fsp3) is 0.621. The normalized spacial score (nSPS) is 15.1. The smallest absolute Gasteiger partial charge is 0.279 e. The lowest BCUT2D eigenvalue weighted by molar-refractivity contribution is -0.147. The number of ether oxygens (including phenoxy) is 2. The molecule has 0 aromatic heterocycles. The summed E-state index contributed by atoms with van der Waals surface area (Å²) in [5.41, 5.74) is 1.02. The Bertz CT molecular complexity index is 1030. The van der Waals surface area contributed by atoms with E-state index in [2.05, 4.69) is 27.7 Å². The lowest BCUT2D eigenvalue weighted by Gasteiger charge is -2.27. The van der Waals surface area contributed by atoms with Gasteiger partial charge >= 0.3 is 0 Å². The molecule has 2 aliphatic heterocycles. The molecule has 38 heavy (non-hydrogen) atoms. The number of benzene rings is 1. The van der Waals surface area contributed by atoms with E-state index in [1.54, 1.807) is 16.9 Å². The number of carbonyl (C=O) groups is 3. The van der Waals surface area contributed by atoms with Gasteiger partial charge in [0, 0.05) is 25.1 Å².